The van der Waals surface area contributed by atoms with Crippen LogP contribution in [0, 0.1) is 29.1 Å². The van der Waals surface area contributed by atoms with Gasteiger partial charge in [-0.1, -0.05) is 42.5 Å². The van der Waals surface area contributed by atoms with Gasteiger partial charge in [0, 0.05) is 54.7 Å². The van der Waals surface area contributed by atoms with E-state index in [1.807, 2.05) is 0 Å². The number of aromatic nitrogens is 3. The highest BCUT2D eigenvalue weighted by Gasteiger charge is 2.66. The van der Waals surface area contributed by atoms with Crippen molar-refractivity contribution in [2.45, 2.75) is 87.9 Å². The van der Waals surface area contributed by atoms with Crippen LogP contribution in [0.25, 0.3) is 76.2 Å². The van der Waals surface area contributed by atoms with E-state index in [1.165, 1.54) is 130 Å². The summed E-state index contributed by atoms with van der Waals surface area (Å²) < 4.78 is 5.42. The molecule has 3 heteroatoms. The van der Waals surface area contributed by atoms with E-state index in [-0.39, 0.29) is 0 Å². The maximum Gasteiger partial charge on any atom is 0.0728 e. The molecule has 4 aromatic carbocycles. The van der Waals surface area contributed by atoms with Gasteiger partial charge in [0.25, 0.3) is 0 Å². The second-order valence-corrected chi connectivity index (χ2v) is 19.2. The summed E-state index contributed by atoms with van der Waals surface area (Å²) in [6.07, 6.45) is 16.5. The third-order valence-electron chi connectivity index (χ3n) is 17.5. The lowest BCUT2D eigenvalue weighted by atomic mass is 9.56. The number of nitrogens with zero attached hydrogens (tertiary/aromatic N) is 3. The highest BCUT2D eigenvalue weighted by Crippen LogP contribution is 2.76. The van der Waals surface area contributed by atoms with Crippen molar-refractivity contribution < 1.29 is 0 Å². The maximum absolute atomic E-state index is 5.60. The minimum Gasteiger partial charge on any atom is -0.308 e. The molecule has 5 saturated carbocycles. The Morgan fingerprint density at radius 2 is 1.29 bits per heavy atom. The SMILES string of the molecule is c1ccc2c(c1)c1cccc3c4c5c6c7c(ncc6n6c8ccc9c(c8c(cc4n2c13)c56)C1CC2CC(CC9C2)C1)C1CC2CC3CC7CC23C1. The second-order valence-electron chi connectivity index (χ2n) is 19.2. The second kappa shape index (κ2) is 7.85. The molecule has 0 aliphatic heterocycles. The molecule has 0 amide bonds. The Labute approximate surface area is 295 Å². The van der Waals surface area contributed by atoms with Gasteiger partial charge in [0.15, 0.2) is 0 Å². The summed E-state index contributed by atoms with van der Waals surface area (Å²) in [5, 5.41) is 11.9. The Hall–Kier alpha value is -4.37. The molecule has 7 unspecified atom stereocenters. The first-order chi connectivity index (χ1) is 25.2. The molecule has 246 valence electrons. The van der Waals surface area contributed by atoms with E-state index in [9.17, 15) is 0 Å². The lowest BCUT2D eigenvalue weighted by Crippen LogP contribution is -2.41. The van der Waals surface area contributed by atoms with E-state index in [0.717, 1.165) is 29.6 Å². The highest BCUT2D eigenvalue weighted by atomic mass is 15.0. The molecule has 0 radical (unpaired) electrons. The molecule has 5 aromatic heterocycles. The van der Waals surface area contributed by atoms with Crippen molar-refractivity contribution in [3.8, 4) is 0 Å². The van der Waals surface area contributed by atoms with E-state index in [0.29, 0.717) is 23.2 Å². The van der Waals surface area contributed by atoms with E-state index in [2.05, 4.69) is 75.7 Å². The molecular formula is C48H39N3. The number of benzene rings is 4. The quantitative estimate of drug-likeness (QED) is 0.159. The summed E-state index contributed by atoms with van der Waals surface area (Å²) in [4.78, 5) is 5.60. The van der Waals surface area contributed by atoms with Crippen molar-refractivity contribution in [3.63, 3.8) is 0 Å². The third-order valence-corrected chi connectivity index (χ3v) is 17.5. The van der Waals surface area contributed by atoms with E-state index in [1.54, 1.807) is 32.8 Å². The van der Waals surface area contributed by atoms with Gasteiger partial charge in [0.2, 0.25) is 0 Å². The van der Waals surface area contributed by atoms with Crippen LogP contribution in [0.5, 0.6) is 0 Å². The largest absolute Gasteiger partial charge is 0.308 e. The monoisotopic (exact) mass is 657 g/mol. The molecule has 51 heavy (non-hydrogen) atoms. The predicted octanol–water partition coefficient (Wildman–Crippen LogP) is 12.2. The molecule has 0 N–H and O–H groups in total. The first-order valence-electron chi connectivity index (χ1n) is 20.5. The minimum atomic E-state index is 0.621. The predicted molar refractivity (Wildman–Crippen MR) is 207 cm³/mol. The molecule has 5 fully saturated rings. The summed E-state index contributed by atoms with van der Waals surface area (Å²) in [6, 6.07) is 24.2. The van der Waals surface area contributed by atoms with Gasteiger partial charge >= 0.3 is 0 Å². The van der Waals surface area contributed by atoms with Gasteiger partial charge in [-0.15, -0.1) is 0 Å². The molecule has 5 heterocycles. The van der Waals surface area contributed by atoms with Gasteiger partial charge in [-0.25, -0.2) is 0 Å². The Bertz CT molecular complexity index is 3110. The number of pyridine rings is 1. The first-order valence-corrected chi connectivity index (χ1v) is 20.5. The van der Waals surface area contributed by atoms with Crippen molar-refractivity contribution in [3.05, 3.63) is 89.2 Å². The molecular weight excluding hydrogens is 619 g/mol. The Balaban J connectivity index is 1.17. The fourth-order valence-electron chi connectivity index (χ4n) is 16.1. The first kappa shape index (κ1) is 25.6. The van der Waals surface area contributed by atoms with Crippen LogP contribution in [-0.4, -0.2) is 13.8 Å². The van der Waals surface area contributed by atoms with E-state index >= 15 is 0 Å². The molecule has 7 atom stereocenters. The van der Waals surface area contributed by atoms with Crippen molar-refractivity contribution >= 4 is 76.2 Å². The summed E-state index contributed by atoms with van der Waals surface area (Å²) >= 11 is 0. The van der Waals surface area contributed by atoms with Crippen molar-refractivity contribution in [1.29, 1.82) is 0 Å². The third kappa shape index (κ3) is 2.55. The van der Waals surface area contributed by atoms with Gasteiger partial charge in [0.1, 0.15) is 0 Å². The fourth-order valence-corrected chi connectivity index (χ4v) is 16.1. The zero-order chi connectivity index (χ0) is 32.2. The molecule has 8 aliphatic rings. The average molecular weight is 658 g/mol. The number of para-hydroxylation sites is 2. The fraction of sp³-hybridized carbons (Fsp3) is 0.396. The molecule has 1 spiro atoms. The molecule has 0 saturated heterocycles. The number of rotatable bonds is 0. The van der Waals surface area contributed by atoms with Crippen LogP contribution >= 0.6 is 0 Å². The average Bonchev–Trinajstić information content (AvgIpc) is 3.94. The van der Waals surface area contributed by atoms with Crippen molar-refractivity contribution in [1.82, 2.24) is 13.8 Å². The summed E-state index contributed by atoms with van der Waals surface area (Å²) in [6.45, 7) is 0. The van der Waals surface area contributed by atoms with Crippen LogP contribution < -0.4 is 0 Å². The Kier molecular flexibility index (Phi) is 3.93. The van der Waals surface area contributed by atoms with Gasteiger partial charge in [-0.2, -0.15) is 0 Å². The summed E-state index contributed by atoms with van der Waals surface area (Å²) in [5.41, 5.74) is 15.8. The zero-order valence-electron chi connectivity index (χ0n) is 28.9. The smallest absolute Gasteiger partial charge is 0.0728 e. The lowest BCUT2D eigenvalue weighted by molar-refractivity contribution is 0.00321. The maximum atomic E-state index is 5.60. The molecule has 17 rings (SSSR count). The highest BCUT2D eigenvalue weighted by molar-refractivity contribution is 6.38. The zero-order valence-corrected chi connectivity index (χ0v) is 28.9. The van der Waals surface area contributed by atoms with Crippen LogP contribution in [-0.2, 0) is 0 Å². The lowest BCUT2D eigenvalue weighted by Gasteiger charge is -2.48. The van der Waals surface area contributed by atoms with Crippen LogP contribution in [0.15, 0.2) is 66.9 Å². The van der Waals surface area contributed by atoms with Gasteiger partial charge in [-0.05, 0) is 146 Å². The van der Waals surface area contributed by atoms with E-state index < -0.39 is 0 Å². The summed E-state index contributed by atoms with van der Waals surface area (Å²) in [7, 11) is 0. The topological polar surface area (TPSA) is 21.7 Å². The normalized spacial score (nSPS) is 34.4. The van der Waals surface area contributed by atoms with Gasteiger partial charge < -0.3 is 8.80 Å². The molecule has 8 aliphatic carbocycles. The summed E-state index contributed by atoms with van der Waals surface area (Å²) in [5.74, 6) is 6.50. The standard InChI is InChI=1S/C48H39N3/c1-2-7-35-31(4-1)32-5-3-6-33-41-37(50(35)46(32)33)18-34-42-36(9-8-30-24-11-22-10-23(12-24)14-25(13-22)39(30)42)51-38-21-49-45-27-16-29-17-28-15-26(19-48(28,29)20-27)40(45)43(38)44(41)47(34)51/h1-9,18,21-29H,10-17,19-20H2. The molecule has 3 nitrogen and oxygen atoms in total. The van der Waals surface area contributed by atoms with Crippen molar-refractivity contribution in [2.24, 2.45) is 29.1 Å². The number of hydrogen-bond donors (Lipinski definition) is 0. The molecule has 7 bridgehead atoms. The van der Waals surface area contributed by atoms with Crippen molar-refractivity contribution in [2.75, 3.05) is 0 Å². The van der Waals surface area contributed by atoms with Gasteiger partial charge in [-0.3, -0.25) is 4.98 Å². The minimum absolute atomic E-state index is 0.621. The van der Waals surface area contributed by atoms with E-state index in [4.69, 9.17) is 4.98 Å². The Morgan fingerprint density at radius 1 is 0.510 bits per heavy atom. The number of hydrogen-bond acceptors (Lipinski definition) is 1. The Morgan fingerprint density at radius 3 is 2.22 bits per heavy atom. The van der Waals surface area contributed by atoms with Crippen LogP contribution in [0.4, 0.5) is 0 Å². The van der Waals surface area contributed by atoms with Crippen LogP contribution in [0.3, 0.4) is 0 Å². The van der Waals surface area contributed by atoms with Gasteiger partial charge in [0.05, 0.1) is 39.3 Å². The van der Waals surface area contributed by atoms with Crippen LogP contribution in [0.2, 0.25) is 0 Å². The van der Waals surface area contributed by atoms with Crippen LogP contribution in [0.1, 0.15) is 110 Å². The number of fused-ring (bicyclic) bond motifs is 19. The molecule has 9 aromatic rings.